The number of benzene rings is 2. The number of carboxylic acid groups (broad SMARTS) is 2. The topological polar surface area (TPSA) is 86.6 Å². The fraction of sp³-hybridized carbons (Fsp3) is 0.100. The van der Waals surface area contributed by atoms with Crippen LogP contribution in [0, 0.1) is 0 Å². The number of amides is 1. The van der Waals surface area contributed by atoms with E-state index in [9.17, 15) is 9.59 Å². The van der Waals surface area contributed by atoms with Crippen LogP contribution in [0.5, 0.6) is 0 Å². The van der Waals surface area contributed by atoms with Crippen LogP contribution in [0.3, 0.4) is 0 Å². The van der Waals surface area contributed by atoms with E-state index in [2.05, 4.69) is 11.4 Å². The lowest BCUT2D eigenvalue weighted by atomic mass is 9.92. The Bertz CT molecular complexity index is 844. The molecular weight excluding hydrogens is 354 g/mol. The fourth-order valence-electron chi connectivity index (χ4n) is 2.48. The molecular formula is C20H18ClNO4. The van der Waals surface area contributed by atoms with E-state index in [0.717, 1.165) is 30.1 Å². The van der Waals surface area contributed by atoms with E-state index in [1.165, 1.54) is 5.56 Å². The summed E-state index contributed by atoms with van der Waals surface area (Å²) in [5.74, 6) is -0.948. The molecule has 1 aliphatic carbocycles. The second-order valence-corrected chi connectivity index (χ2v) is 5.84. The number of nitrogens with one attached hydrogen (secondary N) is 1. The Kier molecular flexibility index (Phi) is 7.00. The van der Waals surface area contributed by atoms with Crippen molar-refractivity contribution in [2.24, 2.45) is 0 Å². The average molecular weight is 372 g/mol. The molecule has 3 rings (SSSR count). The molecule has 6 heteroatoms. The first-order chi connectivity index (χ1) is 12.5. The van der Waals surface area contributed by atoms with Crippen LogP contribution >= 0.6 is 11.6 Å². The third-order valence-electron chi connectivity index (χ3n) is 3.65. The van der Waals surface area contributed by atoms with Gasteiger partial charge in [0.2, 0.25) is 0 Å². The molecule has 0 unspecified atom stereocenters. The molecule has 0 spiro atoms. The molecule has 0 saturated heterocycles. The van der Waals surface area contributed by atoms with E-state index < -0.39 is 12.1 Å². The van der Waals surface area contributed by atoms with Crippen molar-refractivity contribution in [3.05, 3.63) is 83.4 Å². The monoisotopic (exact) mass is 371 g/mol. The molecule has 0 atom stereocenters. The van der Waals surface area contributed by atoms with Gasteiger partial charge in [-0.2, -0.15) is 0 Å². The first-order valence-electron chi connectivity index (χ1n) is 7.90. The maximum Gasteiger partial charge on any atom is 0.409 e. The Morgan fingerprint density at radius 3 is 2.27 bits per heavy atom. The number of hydrogen-bond acceptors (Lipinski definition) is 2. The Hall–Kier alpha value is -3.05. The van der Waals surface area contributed by atoms with Crippen LogP contribution in [0.15, 0.2) is 72.3 Å². The third kappa shape index (κ3) is 5.79. The van der Waals surface area contributed by atoms with Gasteiger partial charge in [-0.3, -0.25) is 5.32 Å². The molecule has 0 radical (unpaired) electrons. The smallest absolute Gasteiger partial charge is 0.409 e. The zero-order chi connectivity index (χ0) is 18.9. The van der Waals surface area contributed by atoms with Gasteiger partial charge in [0.05, 0.1) is 5.03 Å². The minimum atomic E-state index is -1.04. The summed E-state index contributed by atoms with van der Waals surface area (Å²) in [6, 6.07) is 16.7. The van der Waals surface area contributed by atoms with Crippen molar-refractivity contribution in [1.82, 2.24) is 0 Å². The summed E-state index contributed by atoms with van der Waals surface area (Å²) in [5, 5.41) is 19.7. The molecule has 1 aliphatic rings. The van der Waals surface area contributed by atoms with Crippen LogP contribution in [0.1, 0.15) is 17.5 Å². The molecule has 0 heterocycles. The van der Waals surface area contributed by atoms with Gasteiger partial charge in [0, 0.05) is 11.8 Å². The predicted octanol–water partition coefficient (Wildman–Crippen LogP) is 5.00. The van der Waals surface area contributed by atoms with Crippen LogP contribution in [0.25, 0.3) is 5.03 Å². The number of carboxylic acids is 1. The highest BCUT2D eigenvalue weighted by atomic mass is 35.5. The number of anilines is 1. The second kappa shape index (κ2) is 9.44. The molecule has 26 heavy (non-hydrogen) atoms. The van der Waals surface area contributed by atoms with Gasteiger partial charge in [-0.05, 0) is 41.7 Å². The van der Waals surface area contributed by atoms with E-state index >= 15 is 0 Å². The number of aliphatic carboxylic acids is 1. The Labute approximate surface area is 156 Å². The van der Waals surface area contributed by atoms with E-state index in [1.807, 2.05) is 24.3 Å². The van der Waals surface area contributed by atoms with Gasteiger partial charge in [0.15, 0.2) is 0 Å². The lowest BCUT2D eigenvalue weighted by Crippen LogP contribution is -2.06. The Balaban J connectivity index is 0.000000209. The summed E-state index contributed by atoms with van der Waals surface area (Å²) in [6.07, 6.45) is 3.38. The molecule has 2 aromatic carbocycles. The van der Waals surface area contributed by atoms with Crippen molar-refractivity contribution in [2.45, 2.75) is 12.8 Å². The van der Waals surface area contributed by atoms with Gasteiger partial charge in [-0.1, -0.05) is 60.1 Å². The summed E-state index contributed by atoms with van der Waals surface area (Å²) in [5.41, 5.74) is 3.72. The van der Waals surface area contributed by atoms with Crippen molar-refractivity contribution in [2.75, 3.05) is 5.32 Å². The maximum atomic E-state index is 10.4. The molecule has 0 bridgehead atoms. The van der Waals surface area contributed by atoms with Gasteiger partial charge in [0.25, 0.3) is 0 Å². The summed E-state index contributed by atoms with van der Waals surface area (Å²) in [6.45, 7) is 0. The van der Waals surface area contributed by atoms with Gasteiger partial charge < -0.3 is 10.2 Å². The fourth-order valence-corrected chi connectivity index (χ4v) is 2.82. The molecule has 0 aromatic heterocycles. The zero-order valence-electron chi connectivity index (χ0n) is 13.9. The number of fused-ring (bicyclic) bond motifs is 1. The second-order valence-electron chi connectivity index (χ2n) is 5.46. The largest absolute Gasteiger partial charge is 0.478 e. The number of carbonyl (C=O) groups is 2. The van der Waals surface area contributed by atoms with Gasteiger partial charge >= 0.3 is 12.1 Å². The standard InChI is InChI=1S/C13H11ClO2.C7H7NO2/c14-13-10(7-8-12(15)16)6-5-9-3-1-2-4-11(9)13;9-7(10)8-6-4-2-1-3-5-6/h1-4,7-8H,5-6H2,(H,15,16);1-5,8H,(H,9,10). The van der Waals surface area contributed by atoms with Crippen molar-refractivity contribution >= 4 is 34.4 Å². The highest BCUT2D eigenvalue weighted by Gasteiger charge is 2.15. The SMILES string of the molecule is O=C(O)C=CC1=C(Cl)c2ccccc2CC1.O=C(O)Nc1ccccc1. The van der Waals surface area contributed by atoms with Crippen LogP contribution < -0.4 is 5.32 Å². The Morgan fingerprint density at radius 1 is 0.962 bits per heavy atom. The number of halogens is 1. The minimum absolute atomic E-state index is 0.593. The molecule has 134 valence electrons. The van der Waals surface area contributed by atoms with E-state index in [-0.39, 0.29) is 0 Å². The van der Waals surface area contributed by atoms with Gasteiger partial charge in [0.1, 0.15) is 0 Å². The summed E-state index contributed by atoms with van der Waals surface area (Å²) >= 11 is 6.23. The lowest BCUT2D eigenvalue weighted by molar-refractivity contribution is -0.131. The van der Waals surface area contributed by atoms with Crippen molar-refractivity contribution < 1.29 is 19.8 Å². The van der Waals surface area contributed by atoms with Crippen LogP contribution in [0.4, 0.5) is 10.5 Å². The number of allylic oxidation sites excluding steroid dienone is 2. The van der Waals surface area contributed by atoms with E-state index in [1.54, 1.807) is 30.3 Å². The molecule has 0 fully saturated rings. The highest BCUT2D eigenvalue weighted by Crippen LogP contribution is 2.34. The predicted molar refractivity (Wildman–Crippen MR) is 102 cm³/mol. The van der Waals surface area contributed by atoms with E-state index in [4.69, 9.17) is 21.8 Å². The maximum absolute atomic E-state index is 10.4. The van der Waals surface area contributed by atoms with Crippen LogP contribution in [0.2, 0.25) is 0 Å². The number of hydrogen-bond donors (Lipinski definition) is 3. The first-order valence-corrected chi connectivity index (χ1v) is 8.28. The van der Waals surface area contributed by atoms with Crippen LogP contribution in [-0.4, -0.2) is 22.3 Å². The van der Waals surface area contributed by atoms with Gasteiger partial charge in [-0.25, -0.2) is 9.59 Å². The van der Waals surface area contributed by atoms with Crippen molar-refractivity contribution in [3.63, 3.8) is 0 Å². The summed E-state index contributed by atoms with van der Waals surface area (Å²) in [7, 11) is 0. The minimum Gasteiger partial charge on any atom is -0.478 e. The molecule has 0 aliphatic heterocycles. The number of aryl methyl sites for hydroxylation is 1. The normalized spacial score (nSPS) is 12.8. The molecule has 0 saturated carbocycles. The zero-order valence-corrected chi connectivity index (χ0v) is 14.6. The third-order valence-corrected chi connectivity index (χ3v) is 4.10. The first kappa shape index (κ1) is 19.3. The number of rotatable bonds is 3. The molecule has 2 aromatic rings. The van der Waals surface area contributed by atoms with E-state index in [0.29, 0.717) is 10.7 Å². The van der Waals surface area contributed by atoms with Crippen molar-refractivity contribution in [1.29, 1.82) is 0 Å². The number of para-hydroxylation sites is 1. The summed E-state index contributed by atoms with van der Waals surface area (Å²) < 4.78 is 0. The average Bonchev–Trinajstić information content (AvgIpc) is 2.62. The summed E-state index contributed by atoms with van der Waals surface area (Å²) in [4.78, 5) is 20.5. The van der Waals surface area contributed by atoms with Gasteiger partial charge in [-0.15, -0.1) is 0 Å². The lowest BCUT2D eigenvalue weighted by Gasteiger charge is -2.17. The van der Waals surface area contributed by atoms with Crippen LogP contribution in [-0.2, 0) is 11.2 Å². The Morgan fingerprint density at radius 2 is 1.62 bits per heavy atom. The quantitative estimate of drug-likeness (QED) is 0.662. The molecule has 3 N–H and O–H groups in total. The van der Waals surface area contributed by atoms with Crippen molar-refractivity contribution in [3.8, 4) is 0 Å². The highest BCUT2D eigenvalue weighted by molar-refractivity contribution is 6.49. The molecule has 5 nitrogen and oxygen atoms in total. The molecule has 1 amide bonds.